The quantitative estimate of drug-likeness (QED) is 0.322. The van der Waals surface area contributed by atoms with E-state index in [1.54, 1.807) is 27.7 Å². The molecule has 2 N–H and O–H groups in total. The van der Waals surface area contributed by atoms with Crippen LogP contribution in [0.3, 0.4) is 0 Å². The highest BCUT2D eigenvalue weighted by Gasteiger charge is 1.97. The Bertz CT molecular complexity index is 322. The molecule has 0 fully saturated rings. The van der Waals surface area contributed by atoms with Crippen LogP contribution < -0.4 is 0 Å². The topological polar surface area (TPSA) is 89.9 Å². The molecule has 0 amide bonds. The van der Waals surface area contributed by atoms with Gasteiger partial charge in [0.25, 0.3) is 0 Å². The average Bonchev–Trinajstić information content (AvgIpc) is 2.35. The Hall–Kier alpha value is -1.72. The minimum absolute atomic E-state index is 0.521. The van der Waals surface area contributed by atoms with Crippen LogP contribution in [0.15, 0.2) is 20.3 Å². The van der Waals surface area contributed by atoms with Crippen molar-refractivity contribution in [1.82, 2.24) is 0 Å². The van der Waals surface area contributed by atoms with Gasteiger partial charge in [0.2, 0.25) is 0 Å². The fraction of sp³-hybridized carbons (Fsp3) is 0.636. The second-order valence-corrected chi connectivity index (χ2v) is 3.66. The molecule has 0 aliphatic heterocycles. The van der Waals surface area contributed by atoms with Gasteiger partial charge >= 0.3 is 0 Å². The van der Waals surface area contributed by atoms with Gasteiger partial charge in [-0.1, -0.05) is 10.3 Å². The fourth-order valence-corrected chi connectivity index (χ4v) is 0.938. The first kappa shape index (κ1) is 15.3. The molecule has 0 saturated carbocycles. The Kier molecular flexibility index (Phi) is 7.58. The van der Waals surface area contributed by atoms with Crippen LogP contribution in [0.2, 0.25) is 0 Å². The molecule has 6 heteroatoms. The van der Waals surface area contributed by atoms with Gasteiger partial charge in [0.05, 0.1) is 22.8 Å². The lowest BCUT2D eigenvalue weighted by Gasteiger charge is -1.99. The molecular weight excluding hydrogens is 220 g/mol. The SMILES string of the molecule is CC(=NO)C(C)=NCCCN=C(C)/C(C)=N/O. The maximum Gasteiger partial charge on any atom is 0.0971 e. The number of oxime groups is 2. The third-order valence-electron chi connectivity index (χ3n) is 2.36. The molecule has 0 aliphatic carbocycles. The van der Waals surface area contributed by atoms with Crippen molar-refractivity contribution in [2.75, 3.05) is 13.1 Å². The van der Waals surface area contributed by atoms with Crippen molar-refractivity contribution in [1.29, 1.82) is 0 Å². The maximum absolute atomic E-state index is 8.52. The highest BCUT2D eigenvalue weighted by Crippen LogP contribution is 1.90. The second-order valence-electron chi connectivity index (χ2n) is 3.66. The van der Waals surface area contributed by atoms with E-state index in [0.717, 1.165) is 17.8 Å². The van der Waals surface area contributed by atoms with Crippen LogP contribution in [-0.2, 0) is 0 Å². The van der Waals surface area contributed by atoms with Crippen LogP contribution >= 0.6 is 0 Å². The molecule has 0 aliphatic rings. The van der Waals surface area contributed by atoms with Gasteiger partial charge in [-0.05, 0) is 34.1 Å². The zero-order valence-electron chi connectivity index (χ0n) is 10.8. The first-order chi connectivity index (χ1) is 8.02. The molecule has 0 saturated heterocycles. The smallest absolute Gasteiger partial charge is 0.0971 e. The van der Waals surface area contributed by atoms with Crippen LogP contribution in [0.1, 0.15) is 34.1 Å². The van der Waals surface area contributed by atoms with Crippen LogP contribution in [-0.4, -0.2) is 46.4 Å². The maximum atomic E-state index is 8.52. The number of hydrogen-bond acceptors (Lipinski definition) is 6. The number of rotatable bonds is 6. The molecule has 0 bridgehead atoms. The summed E-state index contributed by atoms with van der Waals surface area (Å²) in [5, 5.41) is 23.2. The van der Waals surface area contributed by atoms with E-state index >= 15 is 0 Å². The summed E-state index contributed by atoms with van der Waals surface area (Å²) in [6.07, 6.45) is 0.798. The van der Waals surface area contributed by atoms with E-state index in [-0.39, 0.29) is 0 Å². The van der Waals surface area contributed by atoms with Crippen molar-refractivity contribution in [3.8, 4) is 0 Å². The van der Waals surface area contributed by atoms with Crippen molar-refractivity contribution in [2.24, 2.45) is 20.3 Å². The van der Waals surface area contributed by atoms with E-state index in [2.05, 4.69) is 20.3 Å². The largest absolute Gasteiger partial charge is 0.411 e. The molecule has 0 aromatic rings. The molecule has 0 unspecified atom stereocenters. The van der Waals surface area contributed by atoms with E-state index < -0.39 is 0 Å². The first-order valence-corrected chi connectivity index (χ1v) is 5.43. The van der Waals surface area contributed by atoms with Gasteiger partial charge in [-0.25, -0.2) is 0 Å². The van der Waals surface area contributed by atoms with Gasteiger partial charge in [0.1, 0.15) is 0 Å². The van der Waals surface area contributed by atoms with Crippen LogP contribution in [0.25, 0.3) is 0 Å². The monoisotopic (exact) mass is 240 g/mol. The number of hydrogen-bond donors (Lipinski definition) is 2. The summed E-state index contributed by atoms with van der Waals surface area (Å²) < 4.78 is 0. The lowest BCUT2D eigenvalue weighted by molar-refractivity contribution is 0.319. The Labute approximate surface area is 101 Å². The molecule has 0 atom stereocenters. The number of aliphatic imine (C=N–C) groups is 2. The fourth-order valence-electron chi connectivity index (χ4n) is 0.938. The summed E-state index contributed by atoms with van der Waals surface area (Å²) in [6, 6.07) is 0. The summed E-state index contributed by atoms with van der Waals surface area (Å²) in [4.78, 5) is 8.47. The highest BCUT2D eigenvalue weighted by molar-refractivity contribution is 6.40. The van der Waals surface area contributed by atoms with Gasteiger partial charge in [-0.3, -0.25) is 9.98 Å². The summed E-state index contributed by atoms with van der Waals surface area (Å²) in [6.45, 7) is 8.25. The normalized spacial score (nSPS) is 15.3. The summed E-state index contributed by atoms with van der Waals surface area (Å²) in [5.41, 5.74) is 2.49. The predicted molar refractivity (Wildman–Crippen MR) is 70.4 cm³/mol. The van der Waals surface area contributed by atoms with Crippen molar-refractivity contribution in [3.05, 3.63) is 0 Å². The number of nitrogens with zero attached hydrogens (tertiary/aromatic N) is 4. The van der Waals surface area contributed by atoms with Crippen molar-refractivity contribution < 1.29 is 10.4 Å². The minimum Gasteiger partial charge on any atom is -0.411 e. The molecule has 0 aromatic carbocycles. The Morgan fingerprint density at radius 1 is 0.706 bits per heavy atom. The lowest BCUT2D eigenvalue weighted by Crippen LogP contribution is -2.08. The van der Waals surface area contributed by atoms with Crippen LogP contribution in [0.4, 0.5) is 0 Å². The van der Waals surface area contributed by atoms with Crippen LogP contribution in [0, 0.1) is 0 Å². The van der Waals surface area contributed by atoms with E-state index in [4.69, 9.17) is 10.4 Å². The third-order valence-corrected chi connectivity index (χ3v) is 2.36. The van der Waals surface area contributed by atoms with Gasteiger partial charge in [0, 0.05) is 13.1 Å². The molecule has 6 nitrogen and oxygen atoms in total. The Morgan fingerprint density at radius 3 is 1.35 bits per heavy atom. The van der Waals surface area contributed by atoms with E-state index in [9.17, 15) is 0 Å². The molecule has 0 spiro atoms. The van der Waals surface area contributed by atoms with Gasteiger partial charge in [-0.15, -0.1) is 0 Å². The van der Waals surface area contributed by atoms with Gasteiger partial charge in [0.15, 0.2) is 0 Å². The summed E-state index contributed by atoms with van der Waals surface area (Å²) in [5.74, 6) is 0. The second kappa shape index (κ2) is 8.43. The zero-order valence-corrected chi connectivity index (χ0v) is 10.8. The molecule has 0 aromatic heterocycles. The molecule has 0 rings (SSSR count). The molecule has 17 heavy (non-hydrogen) atoms. The molecular formula is C11H20N4O2. The van der Waals surface area contributed by atoms with Gasteiger partial charge in [-0.2, -0.15) is 0 Å². The minimum atomic E-state index is 0.521. The first-order valence-electron chi connectivity index (χ1n) is 5.43. The van der Waals surface area contributed by atoms with E-state index in [1.165, 1.54) is 0 Å². The van der Waals surface area contributed by atoms with Crippen molar-refractivity contribution in [3.63, 3.8) is 0 Å². The van der Waals surface area contributed by atoms with Crippen LogP contribution in [0.5, 0.6) is 0 Å². The average molecular weight is 240 g/mol. The Balaban J connectivity index is 4.03. The standard InChI is InChI=1S/C11H20N4O2/c1-8(10(3)14-16)12-6-5-7-13-9(2)11(4)15-17/h16-17H,5-7H2,1-4H3/b12-8?,13-9?,14-10+,15-11?. The summed E-state index contributed by atoms with van der Waals surface area (Å²) in [7, 11) is 0. The van der Waals surface area contributed by atoms with Crippen molar-refractivity contribution in [2.45, 2.75) is 34.1 Å². The predicted octanol–water partition coefficient (Wildman–Crippen LogP) is 2.00. The Morgan fingerprint density at radius 2 is 1.06 bits per heavy atom. The lowest BCUT2D eigenvalue weighted by atomic mass is 10.3. The zero-order chi connectivity index (χ0) is 13.3. The molecule has 0 heterocycles. The van der Waals surface area contributed by atoms with Gasteiger partial charge < -0.3 is 10.4 Å². The third kappa shape index (κ3) is 6.44. The molecule has 0 radical (unpaired) electrons. The summed E-state index contributed by atoms with van der Waals surface area (Å²) >= 11 is 0. The van der Waals surface area contributed by atoms with E-state index in [1.807, 2.05) is 0 Å². The van der Waals surface area contributed by atoms with E-state index in [0.29, 0.717) is 24.5 Å². The highest BCUT2D eigenvalue weighted by atomic mass is 16.4. The van der Waals surface area contributed by atoms with Crippen molar-refractivity contribution >= 4 is 22.8 Å². The molecule has 96 valence electrons.